The number of carbonyl (C=O) groups is 1. The van der Waals surface area contributed by atoms with Crippen LogP contribution in [0.5, 0.6) is 0 Å². The minimum atomic E-state index is -3.46. The molecule has 0 radical (unpaired) electrons. The van der Waals surface area contributed by atoms with Crippen molar-refractivity contribution in [3.05, 3.63) is 95.3 Å². The highest BCUT2D eigenvalue weighted by Gasteiger charge is 2.39. The number of rotatable bonds is 5. The van der Waals surface area contributed by atoms with Gasteiger partial charge in [0.15, 0.2) is 9.84 Å². The van der Waals surface area contributed by atoms with Gasteiger partial charge in [0, 0.05) is 24.8 Å². The molecule has 6 nitrogen and oxygen atoms in total. The number of benzene rings is 2. The molecule has 3 aromatic rings. The molecule has 168 valence electrons. The molecule has 2 aromatic carbocycles. The Kier molecular flexibility index (Phi) is 6.30. The van der Waals surface area contributed by atoms with E-state index in [4.69, 9.17) is 0 Å². The van der Waals surface area contributed by atoms with Gasteiger partial charge in [0.25, 0.3) is 5.91 Å². The van der Waals surface area contributed by atoms with Crippen LogP contribution < -0.4 is 0 Å². The van der Waals surface area contributed by atoms with Crippen molar-refractivity contribution in [2.75, 3.05) is 13.1 Å². The molecule has 33 heavy (non-hydrogen) atoms. The van der Waals surface area contributed by atoms with Gasteiger partial charge in [-0.05, 0) is 61.7 Å². The summed E-state index contributed by atoms with van der Waals surface area (Å²) in [6.45, 7) is 2.84. The van der Waals surface area contributed by atoms with E-state index in [9.17, 15) is 18.5 Å². The molecule has 0 unspecified atom stereocenters. The number of amides is 1. The molecule has 1 fully saturated rings. The fraction of sp³-hybridized carbons (Fsp3) is 0.269. The molecular weight excluding hydrogens is 434 g/mol. The highest BCUT2D eigenvalue weighted by atomic mass is 32.2. The van der Waals surface area contributed by atoms with E-state index < -0.39 is 15.3 Å². The minimum Gasteiger partial charge on any atom is -0.339 e. The third-order valence-corrected chi connectivity index (χ3v) is 7.91. The van der Waals surface area contributed by atoms with E-state index >= 15 is 0 Å². The molecule has 1 amide bonds. The van der Waals surface area contributed by atoms with Crippen LogP contribution in [-0.2, 0) is 21.0 Å². The summed E-state index contributed by atoms with van der Waals surface area (Å²) in [5.41, 5.74) is 2.21. The van der Waals surface area contributed by atoms with Crippen LogP contribution in [0.25, 0.3) is 0 Å². The molecule has 1 aromatic heterocycles. The third-order valence-electron chi connectivity index (χ3n) is 6.21. The normalized spacial score (nSPS) is 15.6. The van der Waals surface area contributed by atoms with Crippen molar-refractivity contribution in [2.24, 2.45) is 0 Å². The molecule has 0 spiro atoms. The number of carbonyl (C=O) groups excluding carboxylic acids is 1. The Balaban J connectivity index is 1.42. The van der Waals surface area contributed by atoms with Crippen LogP contribution in [0.1, 0.15) is 40.0 Å². The Bertz CT molecular complexity index is 1270. The second kappa shape index (κ2) is 9.16. The lowest BCUT2D eigenvalue weighted by atomic mass is 9.76. The summed E-state index contributed by atoms with van der Waals surface area (Å²) in [6, 6.07) is 21.5. The zero-order valence-electron chi connectivity index (χ0n) is 18.4. The first kappa shape index (κ1) is 22.7. The van der Waals surface area contributed by atoms with Crippen LogP contribution in [-0.4, -0.2) is 37.3 Å². The van der Waals surface area contributed by atoms with Gasteiger partial charge in [0.1, 0.15) is 5.41 Å². The molecular formula is C26H25N3O3S. The van der Waals surface area contributed by atoms with Gasteiger partial charge in [0.2, 0.25) is 0 Å². The average molecular weight is 460 g/mol. The van der Waals surface area contributed by atoms with E-state index in [0.717, 1.165) is 11.3 Å². The summed E-state index contributed by atoms with van der Waals surface area (Å²) in [4.78, 5) is 19.4. The Morgan fingerprint density at radius 2 is 1.70 bits per heavy atom. The van der Waals surface area contributed by atoms with Gasteiger partial charge in [-0.3, -0.25) is 9.78 Å². The fourth-order valence-electron chi connectivity index (χ4n) is 4.14. The zero-order chi connectivity index (χ0) is 23.5. The van der Waals surface area contributed by atoms with Crippen molar-refractivity contribution >= 4 is 15.7 Å². The van der Waals surface area contributed by atoms with Crippen molar-refractivity contribution in [3.8, 4) is 6.07 Å². The lowest BCUT2D eigenvalue weighted by molar-refractivity contribution is 0.0690. The first-order valence-electron chi connectivity index (χ1n) is 10.8. The van der Waals surface area contributed by atoms with Crippen LogP contribution in [0.3, 0.4) is 0 Å². The number of nitriles is 1. The Hall–Kier alpha value is -3.50. The van der Waals surface area contributed by atoms with Crippen LogP contribution in [0.2, 0.25) is 0 Å². The van der Waals surface area contributed by atoms with Gasteiger partial charge >= 0.3 is 0 Å². The molecule has 0 saturated carbocycles. The van der Waals surface area contributed by atoms with E-state index in [1.807, 2.05) is 25.1 Å². The topological polar surface area (TPSA) is 91.1 Å². The Morgan fingerprint density at radius 3 is 2.27 bits per heavy atom. The number of piperidine rings is 1. The molecule has 4 rings (SSSR count). The third kappa shape index (κ3) is 4.81. The monoisotopic (exact) mass is 459 g/mol. The summed E-state index contributed by atoms with van der Waals surface area (Å²) in [5, 5.41) is 9.81. The second-order valence-electron chi connectivity index (χ2n) is 8.47. The molecule has 1 saturated heterocycles. The van der Waals surface area contributed by atoms with Crippen molar-refractivity contribution in [1.29, 1.82) is 5.26 Å². The number of nitrogens with zero attached hydrogens (tertiary/aromatic N) is 3. The largest absolute Gasteiger partial charge is 0.339 e. The number of aromatic nitrogens is 1. The van der Waals surface area contributed by atoms with Crippen LogP contribution >= 0.6 is 0 Å². The maximum Gasteiger partial charge on any atom is 0.253 e. The number of aryl methyl sites for hydroxylation is 1. The first-order chi connectivity index (χ1) is 15.8. The molecule has 0 atom stereocenters. The van der Waals surface area contributed by atoms with E-state index in [2.05, 4.69) is 11.1 Å². The molecule has 1 aliphatic heterocycles. The van der Waals surface area contributed by atoms with Gasteiger partial charge in [-0.1, -0.05) is 35.9 Å². The Labute approximate surface area is 194 Å². The van der Waals surface area contributed by atoms with E-state index in [0.29, 0.717) is 37.1 Å². The van der Waals surface area contributed by atoms with Crippen molar-refractivity contribution in [2.45, 2.75) is 35.8 Å². The summed E-state index contributed by atoms with van der Waals surface area (Å²) in [7, 11) is -3.46. The maximum atomic E-state index is 13.0. The van der Waals surface area contributed by atoms with Crippen LogP contribution in [0.4, 0.5) is 0 Å². The van der Waals surface area contributed by atoms with E-state index in [1.54, 1.807) is 59.6 Å². The SMILES string of the molecule is Cc1ccc(S(=O)(=O)Cc2ccc(C(=O)N3CCC(C#N)(c4ccccn4)CC3)cc2)cc1. The van der Waals surface area contributed by atoms with Gasteiger partial charge in [-0.2, -0.15) is 5.26 Å². The van der Waals surface area contributed by atoms with Crippen LogP contribution in [0, 0.1) is 18.3 Å². The zero-order valence-corrected chi connectivity index (χ0v) is 19.3. The maximum absolute atomic E-state index is 13.0. The molecule has 0 aliphatic carbocycles. The number of hydrogen-bond acceptors (Lipinski definition) is 5. The standard InChI is InChI=1S/C26H25N3O3S/c1-20-5-11-23(12-6-20)33(31,32)18-21-7-9-22(10-8-21)25(30)29-16-13-26(19-27,14-17-29)24-4-2-3-15-28-24/h2-12,15H,13-14,16-18H2,1H3. The van der Waals surface area contributed by atoms with Crippen LogP contribution in [0.15, 0.2) is 77.8 Å². The smallest absolute Gasteiger partial charge is 0.253 e. The summed E-state index contributed by atoms with van der Waals surface area (Å²) < 4.78 is 25.4. The summed E-state index contributed by atoms with van der Waals surface area (Å²) >= 11 is 0. The van der Waals surface area contributed by atoms with Crippen molar-refractivity contribution in [3.63, 3.8) is 0 Å². The highest BCUT2D eigenvalue weighted by molar-refractivity contribution is 7.90. The fourth-order valence-corrected chi connectivity index (χ4v) is 5.49. The predicted molar refractivity (Wildman–Crippen MR) is 125 cm³/mol. The van der Waals surface area contributed by atoms with Crippen molar-refractivity contribution < 1.29 is 13.2 Å². The number of likely N-dealkylation sites (tertiary alicyclic amines) is 1. The predicted octanol–water partition coefficient (Wildman–Crippen LogP) is 4.06. The highest BCUT2D eigenvalue weighted by Crippen LogP contribution is 2.34. The molecule has 0 bridgehead atoms. The van der Waals surface area contributed by atoms with Gasteiger partial charge in [0.05, 0.1) is 22.4 Å². The first-order valence-corrected chi connectivity index (χ1v) is 12.5. The second-order valence-corrected chi connectivity index (χ2v) is 10.5. The van der Waals surface area contributed by atoms with E-state index in [1.165, 1.54) is 0 Å². The number of pyridine rings is 1. The van der Waals surface area contributed by atoms with Gasteiger partial charge in [-0.25, -0.2) is 8.42 Å². The molecule has 2 heterocycles. The minimum absolute atomic E-state index is 0.115. The lowest BCUT2D eigenvalue weighted by Gasteiger charge is -2.37. The number of sulfone groups is 1. The quantitative estimate of drug-likeness (QED) is 0.574. The lowest BCUT2D eigenvalue weighted by Crippen LogP contribution is -2.45. The van der Waals surface area contributed by atoms with Gasteiger partial charge < -0.3 is 4.90 Å². The van der Waals surface area contributed by atoms with E-state index in [-0.39, 0.29) is 16.6 Å². The molecule has 7 heteroatoms. The summed E-state index contributed by atoms with van der Waals surface area (Å²) in [6.07, 6.45) is 2.74. The van der Waals surface area contributed by atoms with Gasteiger partial charge in [-0.15, -0.1) is 0 Å². The number of hydrogen-bond donors (Lipinski definition) is 0. The summed E-state index contributed by atoms with van der Waals surface area (Å²) in [5.74, 6) is -0.237. The van der Waals surface area contributed by atoms with Crippen molar-refractivity contribution in [1.82, 2.24) is 9.88 Å². The average Bonchev–Trinajstić information content (AvgIpc) is 2.85. The molecule has 1 aliphatic rings. The molecule has 0 N–H and O–H groups in total. The Morgan fingerprint density at radius 1 is 1.03 bits per heavy atom.